The number of likely N-dealkylation sites (N-methyl/N-ethyl adjacent to an activating group) is 1. The Bertz CT molecular complexity index is 406. The Morgan fingerprint density at radius 2 is 1.94 bits per heavy atom. The van der Waals surface area contributed by atoms with E-state index in [1.54, 1.807) is 11.3 Å². The summed E-state index contributed by atoms with van der Waals surface area (Å²) in [5.74, 6) is 0.274. The van der Waals surface area contributed by atoms with Gasteiger partial charge in [0.05, 0.1) is 6.54 Å². The fourth-order valence-corrected chi connectivity index (χ4v) is 3.14. The molecule has 0 unspecified atom stereocenters. The van der Waals surface area contributed by atoms with Gasteiger partial charge in [0, 0.05) is 41.5 Å². The van der Waals surface area contributed by atoms with Crippen LogP contribution in [0.15, 0.2) is 6.07 Å². The topological polar surface area (TPSA) is 23.6 Å². The number of hydrogen-bond acceptors (Lipinski definition) is 4. The predicted molar refractivity (Wildman–Crippen MR) is 72.1 cm³/mol. The third-order valence-electron chi connectivity index (χ3n) is 3.30. The van der Waals surface area contributed by atoms with Crippen LogP contribution in [0.4, 0.5) is 0 Å². The molecule has 4 heteroatoms. The van der Waals surface area contributed by atoms with Crippen LogP contribution in [0.3, 0.4) is 0 Å². The first kappa shape index (κ1) is 12.7. The molecule has 2 rings (SSSR count). The molecule has 0 spiro atoms. The van der Waals surface area contributed by atoms with Crippen LogP contribution in [-0.2, 0) is 0 Å². The van der Waals surface area contributed by atoms with Gasteiger partial charge in [0.1, 0.15) is 0 Å². The molecular formula is C13H20N2OS. The Morgan fingerprint density at radius 3 is 2.47 bits per heavy atom. The van der Waals surface area contributed by atoms with Gasteiger partial charge in [-0.2, -0.15) is 0 Å². The molecule has 1 aliphatic heterocycles. The van der Waals surface area contributed by atoms with Gasteiger partial charge >= 0.3 is 0 Å². The van der Waals surface area contributed by atoms with Gasteiger partial charge in [-0.25, -0.2) is 0 Å². The summed E-state index contributed by atoms with van der Waals surface area (Å²) in [6, 6.07) is 2.03. The Hall–Kier alpha value is -0.710. The minimum absolute atomic E-state index is 0.274. The number of rotatable bonds is 3. The van der Waals surface area contributed by atoms with Crippen LogP contribution in [0, 0.1) is 13.8 Å². The van der Waals surface area contributed by atoms with Crippen molar-refractivity contribution in [3.05, 3.63) is 21.4 Å². The van der Waals surface area contributed by atoms with Gasteiger partial charge < -0.3 is 4.90 Å². The minimum atomic E-state index is 0.274. The summed E-state index contributed by atoms with van der Waals surface area (Å²) in [6.07, 6.45) is 0. The monoisotopic (exact) mass is 252 g/mol. The molecule has 0 radical (unpaired) electrons. The first-order valence-electron chi connectivity index (χ1n) is 6.07. The highest BCUT2D eigenvalue weighted by molar-refractivity contribution is 7.12. The lowest BCUT2D eigenvalue weighted by atomic mass is 10.1. The fourth-order valence-electron chi connectivity index (χ4n) is 2.20. The maximum atomic E-state index is 12.2. The molecule has 0 aromatic carbocycles. The fraction of sp³-hybridized carbons (Fsp3) is 0.615. The van der Waals surface area contributed by atoms with Crippen LogP contribution in [-0.4, -0.2) is 55.4 Å². The number of thiophene rings is 1. The van der Waals surface area contributed by atoms with E-state index in [0.717, 1.165) is 36.6 Å². The summed E-state index contributed by atoms with van der Waals surface area (Å²) in [6.45, 7) is 8.81. The maximum absolute atomic E-state index is 12.2. The highest BCUT2D eigenvalue weighted by atomic mass is 32.1. The number of ketones is 1. The van der Waals surface area contributed by atoms with Crippen molar-refractivity contribution in [1.82, 2.24) is 9.80 Å². The molecule has 0 saturated carbocycles. The van der Waals surface area contributed by atoms with Gasteiger partial charge in [0.15, 0.2) is 5.78 Å². The zero-order chi connectivity index (χ0) is 12.4. The second-order valence-electron chi connectivity index (χ2n) is 4.83. The number of hydrogen-bond donors (Lipinski definition) is 0. The van der Waals surface area contributed by atoms with E-state index in [9.17, 15) is 4.79 Å². The molecular weight excluding hydrogens is 232 g/mol. The van der Waals surface area contributed by atoms with Crippen molar-refractivity contribution in [2.24, 2.45) is 0 Å². The Balaban J connectivity index is 1.95. The Labute approximate surface area is 107 Å². The molecule has 0 N–H and O–H groups in total. The SMILES string of the molecule is Cc1cc(C(=O)CN2CCN(C)CC2)c(C)s1. The smallest absolute Gasteiger partial charge is 0.177 e. The average Bonchev–Trinajstić information content (AvgIpc) is 2.61. The number of piperazine rings is 1. The molecule has 1 saturated heterocycles. The van der Waals surface area contributed by atoms with Gasteiger partial charge in [-0.3, -0.25) is 9.69 Å². The van der Waals surface area contributed by atoms with E-state index in [1.807, 2.05) is 13.0 Å². The van der Waals surface area contributed by atoms with E-state index >= 15 is 0 Å². The maximum Gasteiger partial charge on any atom is 0.177 e. The number of nitrogens with zero attached hydrogens (tertiary/aromatic N) is 2. The van der Waals surface area contributed by atoms with Crippen molar-refractivity contribution >= 4 is 17.1 Å². The van der Waals surface area contributed by atoms with E-state index in [1.165, 1.54) is 4.88 Å². The summed E-state index contributed by atoms with van der Waals surface area (Å²) in [5.41, 5.74) is 0.923. The third-order valence-corrected chi connectivity index (χ3v) is 4.27. The summed E-state index contributed by atoms with van der Waals surface area (Å²) < 4.78 is 0. The normalized spacial score (nSPS) is 18.5. The van der Waals surface area contributed by atoms with E-state index in [2.05, 4.69) is 23.8 Å². The van der Waals surface area contributed by atoms with Gasteiger partial charge in [-0.15, -0.1) is 11.3 Å². The van der Waals surface area contributed by atoms with E-state index in [0.29, 0.717) is 6.54 Å². The van der Waals surface area contributed by atoms with Crippen molar-refractivity contribution in [2.45, 2.75) is 13.8 Å². The molecule has 0 atom stereocenters. The second-order valence-corrected chi connectivity index (χ2v) is 6.29. The van der Waals surface area contributed by atoms with Gasteiger partial charge in [0.25, 0.3) is 0 Å². The second kappa shape index (κ2) is 5.29. The quantitative estimate of drug-likeness (QED) is 0.766. The Morgan fingerprint density at radius 1 is 1.29 bits per heavy atom. The molecule has 2 heterocycles. The largest absolute Gasteiger partial charge is 0.304 e. The van der Waals surface area contributed by atoms with Crippen LogP contribution in [0.2, 0.25) is 0 Å². The third kappa shape index (κ3) is 3.15. The molecule has 1 aromatic rings. The summed E-state index contributed by atoms with van der Waals surface area (Å²) in [4.78, 5) is 19.1. The molecule has 94 valence electrons. The van der Waals surface area contributed by atoms with Crippen molar-refractivity contribution in [3.63, 3.8) is 0 Å². The summed E-state index contributed by atoms with van der Waals surface area (Å²) >= 11 is 1.71. The van der Waals surface area contributed by atoms with Crippen molar-refractivity contribution in [3.8, 4) is 0 Å². The van der Waals surface area contributed by atoms with Crippen LogP contribution in [0.1, 0.15) is 20.1 Å². The first-order valence-corrected chi connectivity index (χ1v) is 6.89. The molecule has 1 aliphatic rings. The number of carbonyl (C=O) groups is 1. The van der Waals surface area contributed by atoms with Crippen molar-refractivity contribution < 1.29 is 4.79 Å². The molecule has 17 heavy (non-hydrogen) atoms. The zero-order valence-corrected chi connectivity index (χ0v) is 11.6. The molecule has 3 nitrogen and oxygen atoms in total. The van der Waals surface area contributed by atoms with E-state index in [4.69, 9.17) is 0 Å². The summed E-state index contributed by atoms with van der Waals surface area (Å²) in [7, 11) is 2.13. The molecule has 1 fully saturated rings. The predicted octanol–water partition coefficient (Wildman–Crippen LogP) is 1.80. The van der Waals surface area contributed by atoms with Crippen LogP contribution in [0.5, 0.6) is 0 Å². The van der Waals surface area contributed by atoms with Crippen molar-refractivity contribution in [1.29, 1.82) is 0 Å². The minimum Gasteiger partial charge on any atom is -0.304 e. The number of aryl methyl sites for hydroxylation is 2. The van der Waals surface area contributed by atoms with Gasteiger partial charge in [-0.05, 0) is 27.0 Å². The standard InChI is InChI=1S/C13H20N2OS/c1-10-8-12(11(2)17-10)13(16)9-15-6-4-14(3)5-7-15/h8H,4-7,9H2,1-3H3. The van der Waals surface area contributed by atoms with Crippen LogP contribution in [0.25, 0.3) is 0 Å². The zero-order valence-electron chi connectivity index (χ0n) is 10.8. The number of Topliss-reactive ketones (excluding diaryl/α,β-unsaturated/α-hetero) is 1. The molecule has 1 aromatic heterocycles. The van der Waals surface area contributed by atoms with Crippen LogP contribution >= 0.6 is 11.3 Å². The lowest BCUT2D eigenvalue weighted by Gasteiger charge is -2.31. The molecule has 0 aliphatic carbocycles. The highest BCUT2D eigenvalue weighted by Gasteiger charge is 2.19. The summed E-state index contributed by atoms with van der Waals surface area (Å²) in [5, 5.41) is 0. The molecule has 0 amide bonds. The van der Waals surface area contributed by atoms with E-state index < -0.39 is 0 Å². The Kier molecular flexibility index (Phi) is 3.97. The van der Waals surface area contributed by atoms with Crippen molar-refractivity contribution in [2.75, 3.05) is 39.8 Å². The number of carbonyl (C=O) groups excluding carboxylic acids is 1. The van der Waals surface area contributed by atoms with Gasteiger partial charge in [-0.1, -0.05) is 0 Å². The van der Waals surface area contributed by atoms with Crippen LogP contribution < -0.4 is 0 Å². The first-order chi connectivity index (χ1) is 8.06. The highest BCUT2D eigenvalue weighted by Crippen LogP contribution is 2.21. The van der Waals surface area contributed by atoms with Gasteiger partial charge in [0.2, 0.25) is 0 Å². The van der Waals surface area contributed by atoms with E-state index in [-0.39, 0.29) is 5.78 Å². The molecule has 0 bridgehead atoms. The average molecular weight is 252 g/mol. The lowest BCUT2D eigenvalue weighted by Crippen LogP contribution is -2.46. The lowest BCUT2D eigenvalue weighted by molar-refractivity contribution is 0.0876.